The topological polar surface area (TPSA) is 80.0 Å². The van der Waals surface area contributed by atoms with Gasteiger partial charge in [0.05, 0.1) is 0 Å². The zero-order valence-corrected chi connectivity index (χ0v) is 13.0. The van der Waals surface area contributed by atoms with E-state index in [4.69, 9.17) is 5.84 Å². The van der Waals surface area contributed by atoms with E-state index >= 15 is 0 Å². The highest BCUT2D eigenvalue weighted by Gasteiger charge is 2.15. The number of amides is 1. The second kappa shape index (κ2) is 7.28. The van der Waals surface area contributed by atoms with Crippen molar-refractivity contribution in [2.24, 2.45) is 5.84 Å². The first-order valence-corrected chi connectivity index (χ1v) is 8.25. The van der Waals surface area contributed by atoms with Crippen LogP contribution in [-0.2, 0) is 0 Å². The molecule has 0 saturated heterocycles. The Kier molecular flexibility index (Phi) is 5.41. The summed E-state index contributed by atoms with van der Waals surface area (Å²) in [5.41, 5.74) is 2.94. The number of hydrogen-bond acceptors (Lipinski definition) is 5. The van der Waals surface area contributed by atoms with E-state index in [0.29, 0.717) is 11.5 Å². The second-order valence-corrected chi connectivity index (χ2v) is 5.67. The van der Waals surface area contributed by atoms with Gasteiger partial charge in [-0.25, -0.2) is 10.8 Å². The van der Waals surface area contributed by atoms with Crippen molar-refractivity contribution < 1.29 is 4.79 Å². The smallest absolute Gasteiger partial charge is 0.270 e. The van der Waals surface area contributed by atoms with Gasteiger partial charge in [-0.2, -0.15) is 11.8 Å². The van der Waals surface area contributed by atoms with Crippen molar-refractivity contribution in [3.63, 3.8) is 0 Å². The second-order valence-electron chi connectivity index (χ2n) is 4.76. The van der Waals surface area contributed by atoms with E-state index in [-0.39, 0.29) is 11.9 Å². The molecule has 6 heteroatoms. The Morgan fingerprint density at radius 1 is 1.43 bits per heavy atom. The third kappa shape index (κ3) is 3.65. The van der Waals surface area contributed by atoms with Crippen LogP contribution in [0.3, 0.4) is 0 Å². The molecule has 1 amide bonds. The highest BCUT2D eigenvalue weighted by atomic mass is 32.2. The van der Waals surface area contributed by atoms with Crippen LogP contribution >= 0.6 is 11.8 Å². The molecule has 1 aromatic carbocycles. The number of aromatic nitrogens is 1. The largest absolute Gasteiger partial charge is 0.347 e. The van der Waals surface area contributed by atoms with Gasteiger partial charge in [-0.1, -0.05) is 31.2 Å². The summed E-state index contributed by atoms with van der Waals surface area (Å²) in [6, 6.07) is 9.63. The van der Waals surface area contributed by atoms with E-state index in [2.05, 4.69) is 22.7 Å². The Balaban J connectivity index is 2.31. The Labute approximate surface area is 128 Å². The van der Waals surface area contributed by atoms with Crippen LogP contribution in [0.1, 0.15) is 23.8 Å². The van der Waals surface area contributed by atoms with E-state index in [1.165, 1.54) is 0 Å². The van der Waals surface area contributed by atoms with E-state index in [9.17, 15) is 4.79 Å². The van der Waals surface area contributed by atoms with Gasteiger partial charge in [-0.05, 0) is 24.1 Å². The number of nitrogen functional groups attached to an aromatic ring is 1. The van der Waals surface area contributed by atoms with Crippen molar-refractivity contribution >= 4 is 34.3 Å². The molecular formula is C15H20N4OS. The summed E-state index contributed by atoms with van der Waals surface area (Å²) in [5.74, 6) is 6.74. The third-order valence-electron chi connectivity index (χ3n) is 3.31. The lowest BCUT2D eigenvalue weighted by Gasteiger charge is -2.16. The molecular weight excluding hydrogens is 284 g/mol. The van der Waals surface area contributed by atoms with Crippen molar-refractivity contribution in [1.29, 1.82) is 0 Å². The van der Waals surface area contributed by atoms with Crippen LogP contribution in [0.25, 0.3) is 10.8 Å². The fourth-order valence-electron chi connectivity index (χ4n) is 2.15. The summed E-state index contributed by atoms with van der Waals surface area (Å²) in [6.45, 7) is 2.06. The molecule has 2 rings (SSSR count). The number of pyridine rings is 1. The number of anilines is 1. The number of hydrogen-bond donors (Lipinski definition) is 3. The van der Waals surface area contributed by atoms with E-state index < -0.39 is 0 Å². The van der Waals surface area contributed by atoms with Crippen molar-refractivity contribution in [2.75, 3.05) is 17.4 Å². The molecule has 0 saturated carbocycles. The van der Waals surface area contributed by atoms with Crippen molar-refractivity contribution in [2.45, 2.75) is 19.4 Å². The van der Waals surface area contributed by atoms with Gasteiger partial charge >= 0.3 is 0 Å². The highest BCUT2D eigenvalue weighted by molar-refractivity contribution is 7.98. The summed E-state index contributed by atoms with van der Waals surface area (Å²) < 4.78 is 0. The Morgan fingerprint density at radius 2 is 2.19 bits per heavy atom. The maximum absolute atomic E-state index is 12.3. The Bertz CT molecular complexity index is 632. The average molecular weight is 304 g/mol. The Hall–Kier alpha value is -1.79. The maximum Gasteiger partial charge on any atom is 0.270 e. The van der Waals surface area contributed by atoms with Crippen molar-refractivity contribution in [3.05, 3.63) is 36.0 Å². The van der Waals surface area contributed by atoms with Crippen LogP contribution in [0.5, 0.6) is 0 Å². The van der Waals surface area contributed by atoms with Crippen LogP contribution in [0.2, 0.25) is 0 Å². The molecule has 0 bridgehead atoms. The fourth-order valence-corrected chi connectivity index (χ4v) is 2.87. The maximum atomic E-state index is 12.3. The molecule has 1 atom stereocenters. The van der Waals surface area contributed by atoms with E-state index in [1.54, 1.807) is 17.8 Å². The molecule has 4 N–H and O–H groups in total. The quantitative estimate of drug-likeness (QED) is 0.564. The van der Waals surface area contributed by atoms with Gasteiger partial charge in [0.15, 0.2) is 0 Å². The number of thioether (sulfide) groups is 1. The van der Waals surface area contributed by atoms with Crippen LogP contribution < -0.4 is 16.6 Å². The number of nitrogens with zero attached hydrogens (tertiary/aromatic N) is 1. The van der Waals surface area contributed by atoms with Gasteiger partial charge in [0.2, 0.25) is 0 Å². The first-order valence-electron chi connectivity index (χ1n) is 6.85. The SMILES string of the molecule is CCC(CSC)NC(=O)c1cc2ccccc2c(NN)n1. The molecule has 0 radical (unpaired) electrons. The molecule has 5 nitrogen and oxygen atoms in total. The number of nitrogens with two attached hydrogens (primary N) is 1. The molecule has 0 aliphatic rings. The zero-order valence-electron chi connectivity index (χ0n) is 12.2. The third-order valence-corrected chi connectivity index (χ3v) is 4.04. The molecule has 0 fully saturated rings. The predicted molar refractivity (Wildman–Crippen MR) is 89.5 cm³/mol. The van der Waals surface area contributed by atoms with Gasteiger partial charge in [-0.3, -0.25) is 4.79 Å². The monoisotopic (exact) mass is 304 g/mol. The van der Waals surface area contributed by atoms with Gasteiger partial charge in [-0.15, -0.1) is 0 Å². The van der Waals surface area contributed by atoms with Crippen LogP contribution in [0, 0.1) is 0 Å². The van der Waals surface area contributed by atoms with Gasteiger partial charge in [0.1, 0.15) is 11.5 Å². The summed E-state index contributed by atoms with van der Waals surface area (Å²) in [4.78, 5) is 16.7. The lowest BCUT2D eigenvalue weighted by molar-refractivity contribution is 0.0935. The summed E-state index contributed by atoms with van der Waals surface area (Å²) in [7, 11) is 0. The van der Waals surface area contributed by atoms with Crippen molar-refractivity contribution in [3.8, 4) is 0 Å². The summed E-state index contributed by atoms with van der Waals surface area (Å²) in [6.07, 6.45) is 2.92. The standard InChI is InChI=1S/C15H20N4OS/c1-3-11(9-21-2)17-15(20)13-8-10-6-4-5-7-12(10)14(18-13)19-16/h4-8,11H,3,9,16H2,1-2H3,(H,17,20)(H,18,19). The number of carbonyl (C=O) groups is 1. The predicted octanol–water partition coefficient (Wildman–Crippen LogP) is 2.39. The van der Waals surface area contributed by atoms with Gasteiger partial charge in [0, 0.05) is 17.2 Å². The molecule has 1 unspecified atom stereocenters. The highest BCUT2D eigenvalue weighted by Crippen LogP contribution is 2.21. The van der Waals surface area contributed by atoms with E-state index in [1.807, 2.05) is 30.5 Å². The minimum atomic E-state index is -0.168. The minimum Gasteiger partial charge on any atom is -0.347 e. The average Bonchev–Trinajstić information content (AvgIpc) is 2.53. The number of nitrogens with one attached hydrogen (secondary N) is 2. The fraction of sp³-hybridized carbons (Fsp3) is 0.333. The molecule has 21 heavy (non-hydrogen) atoms. The molecule has 0 spiro atoms. The number of benzene rings is 1. The van der Waals surface area contributed by atoms with Crippen LogP contribution in [0.15, 0.2) is 30.3 Å². The number of hydrazine groups is 1. The molecule has 0 aliphatic heterocycles. The Morgan fingerprint density at radius 3 is 2.86 bits per heavy atom. The van der Waals surface area contributed by atoms with Crippen molar-refractivity contribution in [1.82, 2.24) is 10.3 Å². The first kappa shape index (κ1) is 15.6. The summed E-state index contributed by atoms with van der Waals surface area (Å²) in [5, 5.41) is 4.84. The number of fused-ring (bicyclic) bond motifs is 1. The molecule has 0 aliphatic carbocycles. The lowest BCUT2D eigenvalue weighted by Crippen LogP contribution is -2.36. The number of rotatable bonds is 6. The molecule has 112 valence electrons. The minimum absolute atomic E-state index is 0.148. The van der Waals surface area contributed by atoms with Crippen LogP contribution in [-0.4, -0.2) is 28.9 Å². The normalized spacial score (nSPS) is 12.1. The molecule has 1 aromatic heterocycles. The number of carbonyl (C=O) groups excluding carboxylic acids is 1. The first-order chi connectivity index (χ1) is 10.2. The van der Waals surface area contributed by atoms with Gasteiger partial charge in [0.25, 0.3) is 5.91 Å². The van der Waals surface area contributed by atoms with Gasteiger partial charge < -0.3 is 10.7 Å². The zero-order chi connectivity index (χ0) is 15.2. The lowest BCUT2D eigenvalue weighted by atomic mass is 10.1. The molecule has 2 aromatic rings. The summed E-state index contributed by atoms with van der Waals surface area (Å²) >= 11 is 1.71. The molecule has 1 heterocycles. The van der Waals surface area contributed by atoms with E-state index in [0.717, 1.165) is 22.9 Å². The van der Waals surface area contributed by atoms with Crippen LogP contribution in [0.4, 0.5) is 5.82 Å².